The maximum Gasteiger partial charge on any atom is 0.133 e. The first-order chi connectivity index (χ1) is 10.3. The van der Waals surface area contributed by atoms with Crippen LogP contribution in [0.3, 0.4) is 0 Å². The summed E-state index contributed by atoms with van der Waals surface area (Å²) in [5.41, 5.74) is 0.160. The van der Waals surface area contributed by atoms with Crippen molar-refractivity contribution < 1.29 is 14.7 Å². The van der Waals surface area contributed by atoms with Gasteiger partial charge in [-0.2, -0.15) is 0 Å². The van der Waals surface area contributed by atoms with E-state index >= 15 is 0 Å². The average molecular weight is 304 g/mol. The van der Waals surface area contributed by atoms with Gasteiger partial charge in [-0.1, -0.05) is 13.8 Å². The quantitative estimate of drug-likeness (QED) is 0.748. The predicted molar refractivity (Wildman–Crippen MR) is 83.1 cm³/mol. The van der Waals surface area contributed by atoms with Crippen molar-refractivity contribution >= 4 is 11.6 Å². The van der Waals surface area contributed by atoms with Crippen molar-refractivity contribution in [2.45, 2.75) is 71.3 Å². The lowest BCUT2D eigenvalue weighted by Gasteiger charge is -2.60. The smallest absolute Gasteiger partial charge is 0.133 e. The van der Waals surface area contributed by atoms with Crippen molar-refractivity contribution in [1.29, 1.82) is 0 Å². The van der Waals surface area contributed by atoms with Crippen LogP contribution in [0.2, 0.25) is 0 Å². The fourth-order valence-corrected chi connectivity index (χ4v) is 6.88. The van der Waals surface area contributed by atoms with E-state index in [1.807, 2.05) is 0 Å². The highest BCUT2D eigenvalue weighted by molar-refractivity contribution is 5.82. The molecular weight excluding hydrogens is 276 g/mol. The lowest BCUT2D eigenvalue weighted by molar-refractivity contribution is -0.164. The summed E-state index contributed by atoms with van der Waals surface area (Å²) in [7, 11) is 0. The molecule has 0 spiro atoms. The van der Waals surface area contributed by atoms with Gasteiger partial charge >= 0.3 is 0 Å². The van der Waals surface area contributed by atoms with Gasteiger partial charge in [0, 0.05) is 25.7 Å². The monoisotopic (exact) mass is 304 g/mol. The van der Waals surface area contributed by atoms with E-state index in [4.69, 9.17) is 0 Å². The second kappa shape index (κ2) is 4.66. The Hall–Kier alpha value is -0.700. The van der Waals surface area contributed by atoms with Crippen molar-refractivity contribution in [2.24, 2.45) is 34.5 Å². The summed E-state index contributed by atoms with van der Waals surface area (Å²) in [6, 6.07) is 0. The number of hydrogen-bond donors (Lipinski definition) is 1. The lowest BCUT2D eigenvalue weighted by atomic mass is 9.44. The zero-order chi connectivity index (χ0) is 15.7. The van der Waals surface area contributed by atoms with Crippen LogP contribution in [0, 0.1) is 34.5 Å². The molecule has 4 saturated carbocycles. The minimum Gasteiger partial charge on any atom is -0.393 e. The van der Waals surface area contributed by atoms with Crippen LogP contribution in [0.1, 0.15) is 65.2 Å². The Morgan fingerprint density at radius 1 is 1.05 bits per heavy atom. The molecule has 0 heterocycles. The molecule has 0 aliphatic heterocycles. The normalized spacial score (nSPS) is 54.6. The van der Waals surface area contributed by atoms with Crippen molar-refractivity contribution in [1.82, 2.24) is 0 Å². The molecule has 7 atom stereocenters. The van der Waals surface area contributed by atoms with Crippen LogP contribution in [0.25, 0.3) is 0 Å². The number of hydrogen-bond acceptors (Lipinski definition) is 3. The largest absolute Gasteiger partial charge is 0.393 e. The maximum atomic E-state index is 12.1. The molecule has 122 valence electrons. The molecule has 4 fully saturated rings. The second-order valence-corrected chi connectivity index (χ2v) is 9.16. The predicted octanol–water partition coefficient (Wildman–Crippen LogP) is 3.14. The molecule has 22 heavy (non-hydrogen) atoms. The first-order valence-electron chi connectivity index (χ1n) is 9.05. The van der Waals surface area contributed by atoms with Crippen LogP contribution in [-0.2, 0) is 9.59 Å². The molecule has 0 aromatic rings. The van der Waals surface area contributed by atoms with E-state index in [0.717, 1.165) is 25.7 Å². The zero-order valence-electron chi connectivity index (χ0n) is 13.8. The molecule has 0 bridgehead atoms. The number of aliphatic hydroxyl groups excluding tert-OH is 1. The Bertz CT molecular complexity index is 527. The minimum atomic E-state index is -0.271. The number of ketones is 2. The number of aliphatic hydroxyl groups is 1. The molecule has 1 N–H and O–H groups in total. The summed E-state index contributed by atoms with van der Waals surface area (Å²) < 4.78 is 0. The van der Waals surface area contributed by atoms with Gasteiger partial charge in [-0.15, -0.1) is 0 Å². The van der Waals surface area contributed by atoms with E-state index in [2.05, 4.69) is 13.8 Å². The van der Waals surface area contributed by atoms with Gasteiger partial charge in [-0.05, 0) is 60.2 Å². The third kappa shape index (κ3) is 1.90. The summed E-state index contributed by atoms with van der Waals surface area (Å²) in [6.07, 6.45) is 6.45. The average Bonchev–Trinajstić information content (AvgIpc) is 2.74. The number of Topliss-reactive ketones (excluding diaryl/α,β-unsaturated/α-hetero) is 2. The van der Waals surface area contributed by atoms with Crippen LogP contribution in [0.5, 0.6) is 0 Å². The van der Waals surface area contributed by atoms with Crippen LogP contribution >= 0.6 is 0 Å². The summed E-state index contributed by atoms with van der Waals surface area (Å²) in [5.74, 6) is 2.27. The summed E-state index contributed by atoms with van der Waals surface area (Å²) in [5, 5.41) is 10.9. The van der Waals surface area contributed by atoms with Crippen LogP contribution in [0.15, 0.2) is 0 Å². The van der Waals surface area contributed by atoms with Crippen LogP contribution in [-0.4, -0.2) is 22.8 Å². The third-order valence-corrected chi connectivity index (χ3v) is 8.00. The van der Waals surface area contributed by atoms with Gasteiger partial charge in [0.25, 0.3) is 0 Å². The Labute approximate surface area is 132 Å². The molecule has 4 rings (SSSR count). The number of fused-ring (bicyclic) bond motifs is 5. The number of carbonyl (C=O) groups excluding carboxylic acids is 2. The lowest BCUT2D eigenvalue weighted by Crippen LogP contribution is -2.57. The highest BCUT2D eigenvalue weighted by Gasteiger charge is 2.61. The van der Waals surface area contributed by atoms with Gasteiger partial charge in [-0.25, -0.2) is 0 Å². The van der Waals surface area contributed by atoms with Gasteiger partial charge in [-0.3, -0.25) is 9.59 Å². The van der Waals surface area contributed by atoms with E-state index < -0.39 is 0 Å². The molecule has 0 unspecified atom stereocenters. The topological polar surface area (TPSA) is 54.4 Å². The molecular formula is C19H28O3. The molecule has 0 aromatic heterocycles. The minimum absolute atomic E-state index is 0.0617. The van der Waals surface area contributed by atoms with Gasteiger partial charge in [0.15, 0.2) is 0 Å². The third-order valence-electron chi connectivity index (χ3n) is 8.00. The molecule has 3 heteroatoms. The molecule has 0 saturated heterocycles. The summed E-state index contributed by atoms with van der Waals surface area (Å²) in [4.78, 5) is 24.2. The van der Waals surface area contributed by atoms with Gasteiger partial charge in [0.1, 0.15) is 11.6 Å². The number of carbonyl (C=O) groups is 2. The molecule has 0 amide bonds. The Kier molecular flexibility index (Phi) is 3.15. The second-order valence-electron chi connectivity index (χ2n) is 9.16. The van der Waals surface area contributed by atoms with Gasteiger partial charge in [0.2, 0.25) is 0 Å². The molecule has 3 nitrogen and oxygen atoms in total. The summed E-state index contributed by atoms with van der Waals surface area (Å²) in [6.45, 7) is 4.56. The first kappa shape index (κ1) is 14.9. The van der Waals surface area contributed by atoms with Crippen molar-refractivity contribution in [3.8, 4) is 0 Å². The van der Waals surface area contributed by atoms with Crippen LogP contribution in [0.4, 0.5) is 0 Å². The highest BCUT2D eigenvalue weighted by Crippen LogP contribution is 2.65. The Balaban J connectivity index is 1.71. The maximum absolute atomic E-state index is 12.1. The van der Waals surface area contributed by atoms with Crippen LogP contribution < -0.4 is 0 Å². The van der Waals surface area contributed by atoms with Crippen molar-refractivity contribution in [2.75, 3.05) is 0 Å². The fraction of sp³-hybridized carbons (Fsp3) is 0.895. The molecule has 4 aliphatic carbocycles. The summed E-state index contributed by atoms with van der Waals surface area (Å²) >= 11 is 0. The van der Waals surface area contributed by atoms with E-state index in [9.17, 15) is 14.7 Å². The molecule has 0 aromatic carbocycles. The van der Waals surface area contributed by atoms with Gasteiger partial charge in [0.05, 0.1) is 6.10 Å². The van der Waals surface area contributed by atoms with Crippen molar-refractivity contribution in [3.63, 3.8) is 0 Å². The van der Waals surface area contributed by atoms with E-state index in [1.165, 1.54) is 0 Å². The Morgan fingerprint density at radius 3 is 2.59 bits per heavy atom. The van der Waals surface area contributed by atoms with E-state index in [0.29, 0.717) is 55.0 Å². The van der Waals surface area contributed by atoms with E-state index in [-0.39, 0.29) is 22.9 Å². The zero-order valence-corrected chi connectivity index (χ0v) is 13.8. The highest BCUT2D eigenvalue weighted by atomic mass is 16.3. The number of rotatable bonds is 0. The molecule has 0 radical (unpaired) electrons. The Morgan fingerprint density at radius 2 is 1.82 bits per heavy atom. The first-order valence-corrected chi connectivity index (χ1v) is 9.05. The standard InChI is InChI=1S/C19H28O3/c1-18-6-5-14-17(15(18)8-13(21)9-18)16(22)7-11-3-4-12(20)10-19(11,14)2/h11,14-17,22H,3-10H2,1-2H3/t11-,14+,15+,16-,17-,18-,19+/m1/s1. The van der Waals surface area contributed by atoms with Gasteiger partial charge < -0.3 is 5.11 Å². The molecule has 4 aliphatic rings. The fourth-order valence-electron chi connectivity index (χ4n) is 6.88. The van der Waals surface area contributed by atoms with Crippen molar-refractivity contribution in [3.05, 3.63) is 0 Å². The SMILES string of the molecule is C[C@]12CC[C@H]3[C@@H]([C@H](O)C[C@H]4CCC(=O)C[C@@]43C)[C@@H]1CC(=O)C2. The van der Waals surface area contributed by atoms with E-state index in [1.54, 1.807) is 0 Å².